The van der Waals surface area contributed by atoms with Crippen LogP contribution >= 0.6 is 0 Å². The lowest BCUT2D eigenvalue weighted by Gasteiger charge is -2.37. The van der Waals surface area contributed by atoms with Gasteiger partial charge < -0.3 is 28.4 Å². The molecule has 0 radical (unpaired) electrons. The average molecular weight is 467 g/mol. The van der Waals surface area contributed by atoms with Crippen molar-refractivity contribution in [1.82, 2.24) is 0 Å². The Morgan fingerprint density at radius 3 is 2.18 bits per heavy atom. The second kappa shape index (κ2) is 8.46. The minimum absolute atomic E-state index is 0.0631. The number of ether oxygens (including phenoxy) is 6. The van der Waals surface area contributed by atoms with Crippen LogP contribution in [0.2, 0.25) is 0 Å². The zero-order valence-electron chi connectivity index (χ0n) is 20.4. The first-order valence-corrected chi connectivity index (χ1v) is 11.5. The molecule has 34 heavy (non-hydrogen) atoms. The fourth-order valence-electron chi connectivity index (χ4n) is 5.49. The Balaban J connectivity index is 1.81. The third kappa shape index (κ3) is 3.29. The van der Waals surface area contributed by atoms with E-state index >= 15 is 0 Å². The van der Waals surface area contributed by atoms with Gasteiger partial charge in [0.05, 0.1) is 33.9 Å². The maximum Gasteiger partial charge on any atom is 0.310 e. The van der Waals surface area contributed by atoms with Gasteiger partial charge in [0.15, 0.2) is 23.0 Å². The van der Waals surface area contributed by atoms with Crippen LogP contribution in [0.4, 0.5) is 0 Å². The lowest BCUT2D eigenvalue weighted by molar-refractivity contribution is -0.141. The summed E-state index contributed by atoms with van der Waals surface area (Å²) >= 11 is 0. The van der Waals surface area contributed by atoms with Crippen LogP contribution in [-0.2, 0) is 9.53 Å². The largest absolute Gasteiger partial charge is 0.493 e. The third-order valence-corrected chi connectivity index (χ3v) is 7.35. The van der Waals surface area contributed by atoms with E-state index in [2.05, 4.69) is 26.8 Å². The number of methoxy groups -OCH3 is 3. The molecule has 2 aromatic carbocycles. The van der Waals surface area contributed by atoms with Crippen molar-refractivity contribution in [2.75, 3.05) is 34.7 Å². The van der Waals surface area contributed by atoms with Gasteiger partial charge in [-0.3, -0.25) is 4.79 Å². The Kier molecular flexibility index (Phi) is 5.58. The van der Waals surface area contributed by atoms with E-state index in [0.29, 0.717) is 35.5 Å². The third-order valence-electron chi connectivity index (χ3n) is 7.35. The monoisotopic (exact) mass is 466 g/mol. The predicted molar refractivity (Wildman–Crippen MR) is 126 cm³/mol. The van der Waals surface area contributed by atoms with Crippen molar-refractivity contribution in [3.05, 3.63) is 46.5 Å². The first kappa shape index (κ1) is 22.4. The van der Waals surface area contributed by atoms with Crippen LogP contribution in [0, 0.1) is 17.8 Å². The molecule has 0 unspecified atom stereocenters. The molecular formula is C27H30O7. The topological polar surface area (TPSA) is 72.5 Å². The van der Waals surface area contributed by atoms with E-state index in [9.17, 15) is 4.79 Å². The minimum atomic E-state index is -0.376. The van der Waals surface area contributed by atoms with Gasteiger partial charge >= 0.3 is 5.97 Å². The van der Waals surface area contributed by atoms with Crippen molar-refractivity contribution in [2.24, 2.45) is 17.8 Å². The number of carbonyl (C=O) groups is 1. The van der Waals surface area contributed by atoms with E-state index in [4.69, 9.17) is 28.4 Å². The highest BCUT2D eigenvalue weighted by Gasteiger charge is 2.51. The number of hydrogen-bond donors (Lipinski definition) is 0. The minimum Gasteiger partial charge on any atom is -0.493 e. The molecule has 2 aromatic rings. The molecule has 0 bridgehead atoms. The highest BCUT2D eigenvalue weighted by atomic mass is 16.7. The Morgan fingerprint density at radius 1 is 0.941 bits per heavy atom. The highest BCUT2D eigenvalue weighted by molar-refractivity contribution is 5.88. The number of allylic oxidation sites excluding steroid dienone is 1. The molecule has 1 aliphatic carbocycles. The van der Waals surface area contributed by atoms with E-state index in [1.165, 1.54) is 11.1 Å². The number of hydrogen-bond acceptors (Lipinski definition) is 7. The van der Waals surface area contributed by atoms with E-state index in [0.717, 1.165) is 22.4 Å². The van der Waals surface area contributed by atoms with Crippen LogP contribution in [0.25, 0.3) is 5.57 Å². The molecule has 7 heteroatoms. The number of rotatable bonds is 5. The Labute approximate surface area is 199 Å². The van der Waals surface area contributed by atoms with Gasteiger partial charge in [0.25, 0.3) is 0 Å². The smallest absolute Gasteiger partial charge is 0.310 e. The maximum atomic E-state index is 13.2. The molecule has 0 aromatic heterocycles. The summed E-state index contributed by atoms with van der Waals surface area (Å²) < 4.78 is 33.9. The first-order valence-electron chi connectivity index (χ1n) is 11.5. The average Bonchev–Trinajstić information content (AvgIpc) is 3.45. The molecule has 2 heterocycles. The summed E-state index contributed by atoms with van der Waals surface area (Å²) in [6, 6.07) is 7.92. The summed E-state index contributed by atoms with van der Waals surface area (Å²) in [5.74, 6) is 2.42. The molecule has 7 nitrogen and oxygen atoms in total. The second-order valence-electron chi connectivity index (χ2n) is 9.24. The molecule has 1 fully saturated rings. The second-order valence-corrected chi connectivity index (χ2v) is 9.24. The van der Waals surface area contributed by atoms with Crippen LogP contribution in [0.15, 0.2) is 29.8 Å². The molecule has 0 spiro atoms. The van der Waals surface area contributed by atoms with Gasteiger partial charge in [-0.25, -0.2) is 0 Å². The maximum absolute atomic E-state index is 13.2. The van der Waals surface area contributed by atoms with Gasteiger partial charge in [0, 0.05) is 11.8 Å². The van der Waals surface area contributed by atoms with Crippen molar-refractivity contribution in [1.29, 1.82) is 0 Å². The molecule has 0 amide bonds. The van der Waals surface area contributed by atoms with Crippen LogP contribution in [0.5, 0.6) is 28.7 Å². The lowest BCUT2D eigenvalue weighted by atomic mass is 9.64. The molecular weight excluding hydrogens is 436 g/mol. The Hall–Kier alpha value is -3.35. The molecule has 0 N–H and O–H groups in total. The number of fused-ring (bicyclic) bond motifs is 3. The van der Waals surface area contributed by atoms with Crippen molar-refractivity contribution in [3.8, 4) is 28.7 Å². The van der Waals surface area contributed by atoms with Gasteiger partial charge in [0.1, 0.15) is 0 Å². The number of benzene rings is 2. The number of carbonyl (C=O) groups excluding carboxylic acids is 1. The van der Waals surface area contributed by atoms with E-state index < -0.39 is 0 Å². The summed E-state index contributed by atoms with van der Waals surface area (Å²) in [6.07, 6.45) is 0. The normalized spacial score (nSPS) is 23.9. The summed E-state index contributed by atoms with van der Waals surface area (Å²) in [5, 5.41) is 0. The van der Waals surface area contributed by atoms with Gasteiger partial charge in [-0.05, 0) is 59.4 Å². The zero-order valence-corrected chi connectivity index (χ0v) is 20.4. The summed E-state index contributed by atoms with van der Waals surface area (Å²) in [4.78, 5) is 13.2. The van der Waals surface area contributed by atoms with Crippen LogP contribution in [0.3, 0.4) is 0 Å². The molecule has 5 rings (SSSR count). The zero-order chi connectivity index (χ0) is 24.1. The summed E-state index contributed by atoms with van der Waals surface area (Å²) in [6.45, 7) is 7.04. The van der Waals surface area contributed by atoms with Gasteiger partial charge in [0.2, 0.25) is 12.5 Å². The lowest BCUT2D eigenvalue weighted by Crippen LogP contribution is -2.31. The first-order chi connectivity index (χ1) is 16.4. The van der Waals surface area contributed by atoms with E-state index in [1.807, 2.05) is 18.2 Å². The van der Waals surface area contributed by atoms with Crippen molar-refractivity contribution in [2.45, 2.75) is 26.7 Å². The summed E-state index contributed by atoms with van der Waals surface area (Å²) in [7, 11) is 4.76. The summed E-state index contributed by atoms with van der Waals surface area (Å²) in [5.41, 5.74) is 5.40. The molecule has 3 aliphatic rings. The number of esters is 1. The van der Waals surface area contributed by atoms with E-state index in [1.54, 1.807) is 21.3 Å². The van der Waals surface area contributed by atoms with Crippen LogP contribution < -0.4 is 23.7 Å². The predicted octanol–water partition coefficient (Wildman–Crippen LogP) is 4.81. The van der Waals surface area contributed by atoms with Crippen molar-refractivity contribution >= 4 is 11.5 Å². The standard InChI is InChI=1S/C27H30O7/c1-13(2)14(3)23-16-9-19-20(34-12-33-19)10-17(16)24(25-18(23)11-32-27(25)28)15-7-21(29-4)26(31-6)22(8-15)30-5/h7-10,13,18,24-25H,11-12H2,1-6H3/b23-14+/t18-,24-,25-/m1/s1. The van der Waals surface area contributed by atoms with E-state index in [-0.39, 0.29) is 30.5 Å². The van der Waals surface area contributed by atoms with Crippen molar-refractivity contribution in [3.63, 3.8) is 0 Å². The SMILES string of the molecule is COc1cc([C@@H]2c3cc4c(cc3/C(=C(/C)C(C)C)[C@H]3COC(=O)[C@@H]23)OCO4)cc(OC)c1OC. The van der Waals surface area contributed by atoms with Crippen molar-refractivity contribution < 1.29 is 33.2 Å². The van der Waals surface area contributed by atoms with Gasteiger partial charge in [-0.15, -0.1) is 0 Å². The molecule has 1 saturated heterocycles. The highest BCUT2D eigenvalue weighted by Crippen LogP contribution is 2.57. The molecule has 3 atom stereocenters. The fraction of sp³-hybridized carbons (Fsp3) is 0.444. The Bertz CT molecular complexity index is 1150. The van der Waals surface area contributed by atoms with Crippen LogP contribution in [-0.4, -0.2) is 40.7 Å². The van der Waals surface area contributed by atoms with Gasteiger partial charge in [-0.2, -0.15) is 0 Å². The molecule has 180 valence electrons. The molecule has 2 aliphatic heterocycles. The molecule has 0 saturated carbocycles. The van der Waals surface area contributed by atoms with Crippen LogP contribution in [0.1, 0.15) is 43.4 Å². The van der Waals surface area contributed by atoms with Gasteiger partial charge in [-0.1, -0.05) is 19.4 Å². The quantitative estimate of drug-likeness (QED) is 0.586. The fourth-order valence-corrected chi connectivity index (χ4v) is 5.49. The number of cyclic esters (lactones) is 1. The Morgan fingerprint density at radius 2 is 1.59 bits per heavy atom.